The lowest BCUT2D eigenvalue weighted by molar-refractivity contribution is -0.0192. The molecule has 0 aliphatic carbocycles. The number of aryl methyl sites for hydroxylation is 1. The third-order valence-electron chi connectivity index (χ3n) is 6.27. The summed E-state index contributed by atoms with van der Waals surface area (Å²) in [6.45, 7) is 7.77. The number of rotatable bonds is 5. The number of hydrogen-bond acceptors (Lipinski definition) is 6. The number of amides is 3. The predicted octanol–water partition coefficient (Wildman–Crippen LogP) is 3.22. The van der Waals surface area contributed by atoms with Crippen molar-refractivity contribution in [2.75, 3.05) is 38.3 Å². The van der Waals surface area contributed by atoms with E-state index in [0.717, 1.165) is 11.1 Å². The zero-order chi connectivity index (χ0) is 24.7. The van der Waals surface area contributed by atoms with Crippen LogP contribution in [0, 0.1) is 6.92 Å². The molecule has 1 fully saturated rings. The van der Waals surface area contributed by atoms with Crippen molar-refractivity contribution >= 4 is 23.1 Å². The van der Waals surface area contributed by atoms with Crippen molar-refractivity contribution < 1.29 is 23.8 Å². The van der Waals surface area contributed by atoms with Gasteiger partial charge in [-0.05, 0) is 38.5 Å². The second-order valence-electron chi connectivity index (χ2n) is 9.06. The van der Waals surface area contributed by atoms with Gasteiger partial charge in [0.2, 0.25) is 0 Å². The van der Waals surface area contributed by atoms with Gasteiger partial charge in [-0.15, -0.1) is 0 Å². The van der Waals surface area contributed by atoms with Crippen molar-refractivity contribution in [3.63, 3.8) is 0 Å². The first kappa shape index (κ1) is 23.0. The third-order valence-corrected chi connectivity index (χ3v) is 6.27. The Kier molecular flexibility index (Phi) is 5.98. The van der Waals surface area contributed by atoms with E-state index in [1.165, 1.54) is 0 Å². The number of likely N-dealkylation sites (tertiary alicyclic amines) is 1. The van der Waals surface area contributed by atoms with E-state index in [9.17, 15) is 9.59 Å². The van der Waals surface area contributed by atoms with Crippen LogP contribution in [0.4, 0.5) is 10.5 Å². The molecule has 0 spiro atoms. The number of ether oxygens (including phenoxy) is 3. The number of anilines is 1. The Balaban J connectivity index is 1.41. The van der Waals surface area contributed by atoms with Crippen LogP contribution in [-0.2, 0) is 4.74 Å². The van der Waals surface area contributed by atoms with Gasteiger partial charge >= 0.3 is 6.03 Å². The van der Waals surface area contributed by atoms with E-state index < -0.39 is 0 Å². The number of carbonyl (C=O) groups is 2. The third kappa shape index (κ3) is 4.25. The van der Waals surface area contributed by atoms with Gasteiger partial charge in [0.15, 0.2) is 5.75 Å². The Hall–Kier alpha value is -3.79. The lowest BCUT2D eigenvalue weighted by Gasteiger charge is -2.38. The van der Waals surface area contributed by atoms with Crippen molar-refractivity contribution in [2.24, 2.45) is 0 Å². The molecule has 2 aliphatic heterocycles. The molecule has 1 saturated heterocycles. The molecule has 0 bridgehead atoms. The molecular weight excluding hydrogens is 450 g/mol. The van der Waals surface area contributed by atoms with Crippen LogP contribution in [0.1, 0.15) is 29.8 Å². The number of urea groups is 1. The van der Waals surface area contributed by atoms with Gasteiger partial charge in [0.1, 0.15) is 23.6 Å². The van der Waals surface area contributed by atoms with Crippen molar-refractivity contribution in [3.8, 4) is 17.2 Å². The maximum absolute atomic E-state index is 13.0. The van der Waals surface area contributed by atoms with E-state index in [0.29, 0.717) is 54.7 Å². The SMILES string of the molecule is COC1CN(C(=O)c2cn3nccc(Oc4ccc5c(c4)OCCN5C(=O)NC(C)C)c3c2C)C1. The fourth-order valence-corrected chi connectivity index (χ4v) is 4.37. The van der Waals surface area contributed by atoms with Crippen molar-refractivity contribution in [1.82, 2.24) is 19.8 Å². The Morgan fingerprint density at radius 2 is 2.03 bits per heavy atom. The molecule has 35 heavy (non-hydrogen) atoms. The number of fused-ring (bicyclic) bond motifs is 2. The number of nitrogens with one attached hydrogen (secondary N) is 1. The highest BCUT2D eigenvalue weighted by Gasteiger charge is 2.33. The van der Waals surface area contributed by atoms with Crippen LogP contribution < -0.4 is 19.7 Å². The van der Waals surface area contributed by atoms with Gasteiger partial charge in [0.25, 0.3) is 5.91 Å². The number of hydrogen-bond donors (Lipinski definition) is 1. The Bertz CT molecular complexity index is 1280. The molecular formula is C25H29N5O5. The first-order valence-electron chi connectivity index (χ1n) is 11.7. The molecule has 2 aromatic heterocycles. The molecule has 10 nitrogen and oxygen atoms in total. The summed E-state index contributed by atoms with van der Waals surface area (Å²) in [7, 11) is 1.65. The zero-order valence-corrected chi connectivity index (χ0v) is 20.3. The molecule has 1 aromatic carbocycles. The van der Waals surface area contributed by atoms with Crippen LogP contribution in [0.2, 0.25) is 0 Å². The van der Waals surface area contributed by atoms with Gasteiger partial charge in [0, 0.05) is 44.6 Å². The highest BCUT2D eigenvalue weighted by atomic mass is 16.5. The summed E-state index contributed by atoms with van der Waals surface area (Å²) in [4.78, 5) is 29.0. The van der Waals surface area contributed by atoms with Crippen molar-refractivity contribution in [3.05, 3.63) is 47.8 Å². The van der Waals surface area contributed by atoms with E-state index in [2.05, 4.69) is 10.4 Å². The quantitative estimate of drug-likeness (QED) is 0.604. The van der Waals surface area contributed by atoms with Crippen LogP contribution in [0.5, 0.6) is 17.2 Å². The maximum atomic E-state index is 13.0. The fraction of sp³-hybridized carbons (Fsp3) is 0.400. The Morgan fingerprint density at radius 1 is 1.23 bits per heavy atom. The van der Waals surface area contributed by atoms with E-state index >= 15 is 0 Å². The molecule has 184 valence electrons. The first-order valence-corrected chi connectivity index (χ1v) is 11.7. The van der Waals surface area contributed by atoms with Crippen LogP contribution >= 0.6 is 0 Å². The van der Waals surface area contributed by atoms with Gasteiger partial charge < -0.3 is 24.4 Å². The predicted molar refractivity (Wildman–Crippen MR) is 130 cm³/mol. The number of methoxy groups -OCH3 is 1. The minimum absolute atomic E-state index is 0.0371. The summed E-state index contributed by atoms with van der Waals surface area (Å²) in [5.41, 5.74) is 2.79. The smallest absolute Gasteiger partial charge is 0.322 e. The molecule has 0 atom stereocenters. The summed E-state index contributed by atoms with van der Waals surface area (Å²) >= 11 is 0. The van der Waals surface area contributed by atoms with E-state index in [-0.39, 0.29) is 24.1 Å². The average Bonchev–Trinajstić information content (AvgIpc) is 3.14. The van der Waals surface area contributed by atoms with Gasteiger partial charge in [-0.25, -0.2) is 9.31 Å². The monoisotopic (exact) mass is 479 g/mol. The van der Waals surface area contributed by atoms with Crippen LogP contribution in [-0.4, -0.2) is 71.9 Å². The molecule has 0 unspecified atom stereocenters. The van der Waals surface area contributed by atoms with Crippen molar-refractivity contribution in [2.45, 2.75) is 32.9 Å². The van der Waals surface area contributed by atoms with E-state index in [4.69, 9.17) is 14.2 Å². The van der Waals surface area contributed by atoms with Gasteiger partial charge in [-0.2, -0.15) is 5.10 Å². The zero-order valence-electron chi connectivity index (χ0n) is 20.3. The summed E-state index contributed by atoms with van der Waals surface area (Å²) < 4.78 is 19.0. The summed E-state index contributed by atoms with van der Waals surface area (Å²) in [6.07, 6.45) is 3.46. The Morgan fingerprint density at radius 3 is 2.77 bits per heavy atom. The number of carbonyl (C=O) groups excluding carboxylic acids is 2. The molecule has 4 heterocycles. The Labute approximate surface area is 203 Å². The number of benzene rings is 1. The largest absolute Gasteiger partial charge is 0.489 e. The van der Waals surface area contributed by atoms with E-state index in [1.54, 1.807) is 52.0 Å². The molecule has 0 radical (unpaired) electrons. The minimum atomic E-state index is -0.158. The molecule has 5 rings (SSSR count). The molecule has 3 amide bonds. The molecule has 0 saturated carbocycles. The number of nitrogens with zero attached hydrogens (tertiary/aromatic N) is 4. The van der Waals surface area contributed by atoms with Gasteiger partial charge in [0.05, 0.1) is 30.1 Å². The van der Waals surface area contributed by atoms with Crippen LogP contribution in [0.25, 0.3) is 5.52 Å². The highest BCUT2D eigenvalue weighted by molar-refractivity contribution is 5.99. The standard InChI is InChI=1S/C25H29N5O5/c1-15(2)27-25(32)29-9-10-34-22-11-17(5-6-20(22)29)35-21-7-8-26-30-14-19(16(3)23(21)30)24(31)28-12-18(13-28)33-4/h5-8,11,14-15,18H,9-10,12-13H2,1-4H3,(H,27,32). The molecule has 1 N–H and O–H groups in total. The number of aromatic nitrogens is 2. The summed E-state index contributed by atoms with van der Waals surface area (Å²) in [5, 5.41) is 7.29. The van der Waals surface area contributed by atoms with E-state index in [1.807, 2.05) is 26.8 Å². The van der Waals surface area contributed by atoms with Gasteiger partial charge in [-0.3, -0.25) is 9.69 Å². The lowest BCUT2D eigenvalue weighted by Crippen LogP contribution is -2.54. The second kappa shape index (κ2) is 9.10. The summed E-state index contributed by atoms with van der Waals surface area (Å²) in [5.74, 6) is 1.66. The topological polar surface area (TPSA) is 97.6 Å². The first-order chi connectivity index (χ1) is 16.9. The second-order valence-corrected chi connectivity index (χ2v) is 9.06. The highest BCUT2D eigenvalue weighted by Crippen LogP contribution is 2.38. The minimum Gasteiger partial charge on any atom is -0.489 e. The molecule has 10 heteroatoms. The lowest BCUT2D eigenvalue weighted by atomic mass is 10.1. The molecule has 2 aliphatic rings. The summed E-state index contributed by atoms with van der Waals surface area (Å²) in [6, 6.07) is 7.04. The maximum Gasteiger partial charge on any atom is 0.322 e. The van der Waals surface area contributed by atoms with Crippen LogP contribution in [0.15, 0.2) is 36.7 Å². The average molecular weight is 480 g/mol. The fourth-order valence-electron chi connectivity index (χ4n) is 4.37. The van der Waals surface area contributed by atoms with Gasteiger partial charge in [-0.1, -0.05) is 0 Å². The normalized spacial score (nSPS) is 15.6. The van der Waals surface area contributed by atoms with Crippen molar-refractivity contribution in [1.29, 1.82) is 0 Å². The molecule has 3 aromatic rings. The van der Waals surface area contributed by atoms with Crippen LogP contribution in [0.3, 0.4) is 0 Å².